The highest BCUT2D eigenvalue weighted by Crippen LogP contribution is 2.45. The van der Waals surface area contributed by atoms with E-state index in [4.69, 9.17) is 38.5 Å². The zero-order valence-electron chi connectivity index (χ0n) is 91.9. The molecule has 3 heterocycles. The first kappa shape index (κ1) is 32.1. The third-order valence-corrected chi connectivity index (χ3v) is 16.7. The molecule has 0 N–H and O–H groups in total. The summed E-state index contributed by atoms with van der Waals surface area (Å²) >= 11 is 0. The Labute approximate surface area is 638 Å². The SMILES string of the molecule is [2H]c1c([2H])c([2H])c(-c2cc(-c3c([2H])c(-c4c([2H])c([2H])c([2H])c([2H])c4[2H])c([2H])c(-c4c([2H])c([2H])c([2H])c([2H])c4[2H])c3[2H])c(-[n+]3[c-]n(-c4cccc(Oc5ccc6c7ccccc7n(-c7cc(C([2H])([2H])[2H])c(-c8c([2H])c([2H])c([2H])c([2H])c8[2H])cn7)c6c5)c4)c4cc(-c5ccc(C(C)(C)C)cc5)ccc43)c(-c3c([2H])c(-c4c([2H])c([2H])c([2H])c([2H])c4[2H])c([2H])c(-c4c([2H])c([2H])c([2H])c([2H])c4[2H])c3[2H])c2)c([2H])c1[2H]. The molecule has 0 bridgehead atoms. The lowest BCUT2D eigenvalue weighted by atomic mass is 9.86. The largest absolute Gasteiger partial charge is 0.458 e. The van der Waals surface area contributed by atoms with E-state index in [9.17, 15) is 24.7 Å². The van der Waals surface area contributed by atoms with Gasteiger partial charge in [0.15, 0.2) is 0 Å². The molecule has 0 saturated heterocycles. The Balaban J connectivity index is 1.05. The summed E-state index contributed by atoms with van der Waals surface area (Å²) in [5.74, 6) is 0.184. The van der Waals surface area contributed by atoms with Gasteiger partial charge in [-0.05, 0) is 215 Å². The van der Waals surface area contributed by atoms with Crippen molar-refractivity contribution in [1.29, 1.82) is 0 Å². The third kappa shape index (κ3) is 11.7. The number of benzene rings is 14. The van der Waals surface area contributed by atoms with Crippen LogP contribution in [0.2, 0.25) is 0 Å². The molecule has 17 rings (SSSR count). The number of para-hydroxylation sites is 1. The van der Waals surface area contributed by atoms with Crippen LogP contribution in [0.25, 0.3) is 150 Å². The molecule has 0 atom stereocenters. The number of imidazole rings is 1. The molecule has 14 aromatic carbocycles. The summed E-state index contributed by atoms with van der Waals surface area (Å²) in [6.45, 7) is 3.03. The highest BCUT2D eigenvalue weighted by molar-refractivity contribution is 6.09. The zero-order chi connectivity index (χ0) is 101. The maximum Gasteiger partial charge on any atom is 0.269 e. The van der Waals surface area contributed by atoms with Gasteiger partial charge in [-0.2, -0.15) is 0 Å². The van der Waals surface area contributed by atoms with Crippen LogP contribution in [0.15, 0.2) is 351 Å². The molecule has 100 heavy (non-hydrogen) atoms. The molecule has 0 aliphatic heterocycles. The van der Waals surface area contributed by atoms with Crippen LogP contribution in [0.4, 0.5) is 0 Å². The smallest absolute Gasteiger partial charge is 0.269 e. The van der Waals surface area contributed by atoms with Crippen molar-refractivity contribution < 1.29 is 62.8 Å². The molecule has 476 valence electrons. The van der Waals surface area contributed by atoms with Gasteiger partial charge >= 0.3 is 0 Å². The van der Waals surface area contributed by atoms with Gasteiger partial charge < -0.3 is 4.74 Å². The predicted molar refractivity (Wildman–Crippen MR) is 415 cm³/mol. The summed E-state index contributed by atoms with van der Waals surface area (Å²) in [7, 11) is 0. The lowest BCUT2D eigenvalue weighted by molar-refractivity contribution is -0.571. The topological polar surface area (TPSA) is 35.9 Å². The molecule has 3 aromatic heterocycles. The third-order valence-electron chi connectivity index (χ3n) is 16.7. The van der Waals surface area contributed by atoms with Gasteiger partial charge in [0.2, 0.25) is 0 Å². The second-order valence-corrected chi connectivity index (χ2v) is 23.9. The highest BCUT2D eigenvalue weighted by Gasteiger charge is 2.25. The Morgan fingerprint density at radius 3 is 1.42 bits per heavy atom. The van der Waals surface area contributed by atoms with Gasteiger partial charge in [-0.15, -0.1) is 0 Å². The number of fused-ring (bicyclic) bond motifs is 4. The van der Waals surface area contributed by atoms with E-state index in [0.717, 1.165) is 23.9 Å². The first-order chi connectivity index (χ1) is 65.3. The Morgan fingerprint density at radius 2 is 0.880 bits per heavy atom. The zero-order valence-corrected chi connectivity index (χ0v) is 52.9. The maximum absolute atomic E-state index is 10.9. The quantitative estimate of drug-likeness (QED) is 0.0803. The van der Waals surface area contributed by atoms with Crippen molar-refractivity contribution in [3.05, 3.63) is 369 Å². The van der Waals surface area contributed by atoms with E-state index >= 15 is 0 Å². The Kier molecular flexibility index (Phi) is 8.25. The van der Waals surface area contributed by atoms with Crippen molar-refractivity contribution in [2.24, 2.45) is 0 Å². The van der Waals surface area contributed by atoms with Crippen LogP contribution in [-0.4, -0.2) is 14.1 Å². The van der Waals surface area contributed by atoms with E-state index < -0.39 is 319 Å². The molecule has 17 aromatic rings. The monoisotopic (exact) mass is 1320 g/mol. The van der Waals surface area contributed by atoms with Crippen molar-refractivity contribution in [1.82, 2.24) is 14.1 Å². The van der Waals surface area contributed by atoms with Crippen LogP contribution in [0.1, 0.15) is 85.4 Å². The summed E-state index contributed by atoms with van der Waals surface area (Å²) < 4.78 is 376. The van der Waals surface area contributed by atoms with E-state index in [2.05, 4.69) is 6.33 Å². The fourth-order valence-electron chi connectivity index (χ4n) is 12.0. The van der Waals surface area contributed by atoms with Crippen molar-refractivity contribution in [2.45, 2.75) is 33.0 Å². The highest BCUT2D eigenvalue weighted by atomic mass is 16.5. The summed E-state index contributed by atoms with van der Waals surface area (Å²) in [6.07, 6.45) is 4.51. The van der Waals surface area contributed by atoms with Gasteiger partial charge in [-0.1, -0.05) is 263 Å². The van der Waals surface area contributed by atoms with Gasteiger partial charge in [0.05, 0.1) is 82.8 Å². The molecule has 0 radical (unpaired) electrons. The lowest BCUT2D eigenvalue weighted by Crippen LogP contribution is -2.31. The van der Waals surface area contributed by atoms with Crippen molar-refractivity contribution >= 4 is 32.8 Å². The molecule has 0 aliphatic carbocycles. The first-order valence-electron chi connectivity index (χ1n) is 50.6. The lowest BCUT2D eigenvalue weighted by Gasteiger charge is -2.22. The number of nitrogens with zero attached hydrogens (tertiary/aromatic N) is 4. The van der Waals surface area contributed by atoms with E-state index in [1.165, 1.54) is 27.3 Å². The Bertz CT molecular complexity index is 7730. The van der Waals surface area contributed by atoms with Gasteiger partial charge in [0.25, 0.3) is 6.33 Å². The summed E-state index contributed by atoms with van der Waals surface area (Å²) in [4.78, 5) is 4.72. The van der Waals surface area contributed by atoms with Crippen LogP contribution in [-0.2, 0) is 5.41 Å². The number of rotatable bonds is 14. The molecule has 5 heteroatoms. The fraction of sp³-hybridized carbons (Fsp3) is 0.0526. The molecule has 5 nitrogen and oxygen atoms in total. The van der Waals surface area contributed by atoms with Crippen LogP contribution >= 0.6 is 0 Å². The fourth-order valence-corrected chi connectivity index (χ4v) is 12.0. The van der Waals surface area contributed by atoms with Gasteiger partial charge in [0.1, 0.15) is 17.3 Å². The minimum Gasteiger partial charge on any atom is -0.458 e. The summed E-state index contributed by atoms with van der Waals surface area (Å²) in [6, 6.07) is -3.16. The van der Waals surface area contributed by atoms with Crippen molar-refractivity contribution in [3.63, 3.8) is 0 Å². The number of aryl methyl sites for hydroxylation is 1. The van der Waals surface area contributed by atoms with E-state index in [-0.39, 0.29) is 45.0 Å². The molecule has 0 fully saturated rings. The van der Waals surface area contributed by atoms with Crippen molar-refractivity contribution in [2.75, 3.05) is 0 Å². The number of hydrogen-bond acceptors (Lipinski definition) is 2. The minimum absolute atomic E-state index is 0.0148. The summed E-state index contributed by atoms with van der Waals surface area (Å²) in [5, 5.41) is 1.24. The molecule has 0 unspecified atom stereocenters. The normalized spacial score (nSPS) is 17.2. The second-order valence-electron chi connectivity index (χ2n) is 23.9. The Hall–Kier alpha value is -12.7. The van der Waals surface area contributed by atoms with Crippen LogP contribution in [0, 0.1) is 13.2 Å². The van der Waals surface area contributed by atoms with Gasteiger partial charge in [-0.25, -0.2) is 4.98 Å². The molecule has 0 amide bonds. The number of hydrogen-bond donors (Lipinski definition) is 0. The molecular formula is C95H70N4O. The average molecular weight is 1320 g/mol. The van der Waals surface area contributed by atoms with Crippen LogP contribution < -0.4 is 9.30 Å². The number of aromatic nitrogens is 4. The summed E-state index contributed by atoms with van der Waals surface area (Å²) in [5.41, 5.74) is -12.0. The van der Waals surface area contributed by atoms with Crippen LogP contribution in [0.5, 0.6) is 11.5 Å². The molecule has 0 aliphatic rings. The standard InChI is InChI=1S/C95H70N4O/c1-64-50-93(96-62-88(64)71-36-21-10-22-37-71)99-89-41-24-23-40-84(89)85-48-47-83(61-91(85)99)100-82-39-25-38-81(60-82)97-63-98(90-49-44-72(59-92(90)97)70-42-45-80(46-43-70)95(2,3)4)94-86(78-53-73(65-26-11-5-12-27-65)51-74(54-78)66-28-13-6-14-29-66)57-77(69-34-19-9-20-35-69)58-87(94)79-55-75(67-30-15-7-16-31-67)52-76(56-79)68-32-17-8-18-33-68/h5-62H,1-4H3/i1D3,5D,6D,7D,8D,9D,10D,11D,12D,13D,14D,15D,16D,17D,18D,19D,20D,21D,22D,26D,27D,28D,29D,30D,31D,32D,33D,34D,35D,36D,37D,51D,52D,53D,54D,55D,56D. The predicted octanol–water partition coefficient (Wildman–Crippen LogP) is 24.6. The van der Waals surface area contributed by atoms with E-state index in [1.807, 2.05) is 51.1 Å². The van der Waals surface area contributed by atoms with Gasteiger partial charge in [0, 0.05) is 32.7 Å². The van der Waals surface area contributed by atoms with E-state index in [0.29, 0.717) is 32.9 Å². The number of ether oxygens (including phenoxy) is 1. The second kappa shape index (κ2) is 25.7. The van der Waals surface area contributed by atoms with Crippen molar-refractivity contribution in [3.8, 4) is 129 Å². The minimum atomic E-state index is -2.98. The molecule has 0 saturated carbocycles. The number of pyridine rings is 1. The average Bonchev–Trinajstić information content (AvgIpc) is 1.42. The first-order valence-corrected chi connectivity index (χ1v) is 31.1. The molecule has 0 spiro atoms. The Morgan fingerprint density at radius 1 is 0.390 bits per heavy atom. The maximum atomic E-state index is 10.9. The van der Waals surface area contributed by atoms with Gasteiger partial charge in [-0.3, -0.25) is 13.7 Å². The van der Waals surface area contributed by atoms with Crippen LogP contribution in [0.3, 0.4) is 0 Å². The van der Waals surface area contributed by atoms with E-state index in [1.54, 1.807) is 71.3 Å². The molecular weight excluding hydrogens is 1210 g/mol.